The molecule has 2 heteroatoms. The molecule has 1 saturated carbocycles. The van der Waals surface area contributed by atoms with Crippen LogP contribution in [0, 0.1) is 17.8 Å². The molecule has 1 rings (SSSR count). The van der Waals surface area contributed by atoms with Gasteiger partial charge in [0.15, 0.2) is 0 Å². The van der Waals surface area contributed by atoms with E-state index in [0.29, 0.717) is 19.3 Å². The summed E-state index contributed by atoms with van der Waals surface area (Å²) in [6.45, 7) is 1.80. The zero-order valence-electron chi connectivity index (χ0n) is 9.34. The van der Waals surface area contributed by atoms with Gasteiger partial charge in [-0.3, -0.25) is 9.59 Å². The third-order valence-electron chi connectivity index (χ3n) is 3.29. The van der Waals surface area contributed by atoms with Crippen LogP contribution in [0.3, 0.4) is 0 Å². The number of Topliss-reactive ketones (excluding diaryl/α,β-unsaturated/α-hetero) is 2. The fourth-order valence-electron chi connectivity index (χ4n) is 2.10. The van der Waals surface area contributed by atoms with E-state index in [1.165, 1.54) is 0 Å². The molecule has 0 radical (unpaired) electrons. The van der Waals surface area contributed by atoms with E-state index in [4.69, 9.17) is 6.42 Å². The van der Waals surface area contributed by atoms with Gasteiger partial charge in [-0.1, -0.05) is 6.42 Å². The van der Waals surface area contributed by atoms with Crippen molar-refractivity contribution in [3.63, 3.8) is 0 Å². The molecule has 1 aliphatic carbocycles. The Labute approximate surface area is 91.4 Å². The molecule has 0 saturated heterocycles. The molecule has 0 N–H and O–H groups in total. The van der Waals surface area contributed by atoms with Crippen molar-refractivity contribution < 1.29 is 9.59 Å². The first-order chi connectivity index (χ1) is 7.11. The van der Waals surface area contributed by atoms with Gasteiger partial charge in [-0.15, -0.1) is 12.3 Å². The van der Waals surface area contributed by atoms with Crippen molar-refractivity contribution in [3.05, 3.63) is 0 Å². The first kappa shape index (κ1) is 12.0. The zero-order chi connectivity index (χ0) is 11.3. The molecule has 0 heterocycles. The second kappa shape index (κ2) is 5.11. The first-order valence-electron chi connectivity index (χ1n) is 5.61. The van der Waals surface area contributed by atoms with Gasteiger partial charge in [-0.05, 0) is 26.2 Å². The van der Waals surface area contributed by atoms with E-state index in [-0.39, 0.29) is 11.6 Å². The molecule has 1 aliphatic rings. The highest BCUT2D eigenvalue weighted by molar-refractivity contribution is 6.08. The molecule has 0 spiro atoms. The van der Waals surface area contributed by atoms with E-state index in [1.807, 2.05) is 0 Å². The topological polar surface area (TPSA) is 34.1 Å². The van der Waals surface area contributed by atoms with Crippen LogP contribution in [0.4, 0.5) is 0 Å². The Morgan fingerprint density at radius 1 is 1.27 bits per heavy atom. The lowest BCUT2D eigenvalue weighted by Crippen LogP contribution is -2.39. The maximum atomic E-state index is 11.7. The maximum Gasteiger partial charge on any atom is 0.146 e. The van der Waals surface area contributed by atoms with Crippen molar-refractivity contribution in [2.24, 2.45) is 5.41 Å². The van der Waals surface area contributed by atoms with Gasteiger partial charge in [-0.2, -0.15) is 0 Å². The summed E-state index contributed by atoms with van der Waals surface area (Å²) < 4.78 is 0. The molecule has 0 bridgehead atoms. The maximum absolute atomic E-state index is 11.7. The monoisotopic (exact) mass is 206 g/mol. The minimum absolute atomic E-state index is 0.124. The highest BCUT2D eigenvalue weighted by Gasteiger charge is 2.41. The quantitative estimate of drug-likeness (QED) is 0.402. The molecular formula is C13H18O2. The molecule has 82 valence electrons. The smallest absolute Gasteiger partial charge is 0.146 e. The third-order valence-corrected chi connectivity index (χ3v) is 3.29. The van der Waals surface area contributed by atoms with Crippen molar-refractivity contribution in [3.8, 4) is 12.3 Å². The van der Waals surface area contributed by atoms with Crippen molar-refractivity contribution >= 4 is 11.6 Å². The van der Waals surface area contributed by atoms with Crippen LogP contribution in [-0.2, 0) is 9.59 Å². The third kappa shape index (κ3) is 2.68. The van der Waals surface area contributed by atoms with Crippen molar-refractivity contribution in [2.45, 2.75) is 51.9 Å². The van der Waals surface area contributed by atoms with Crippen LogP contribution in [-0.4, -0.2) is 11.6 Å². The summed E-state index contributed by atoms with van der Waals surface area (Å²) in [5, 5.41) is 0. The van der Waals surface area contributed by atoms with Gasteiger partial charge in [0.2, 0.25) is 0 Å². The standard InChI is InChI=1S/C13H18O2/c1-3-4-5-6-10-13(2)11(14)8-7-9-12(13)15/h1H,4-10H2,2H3. The van der Waals surface area contributed by atoms with E-state index in [1.54, 1.807) is 6.92 Å². The summed E-state index contributed by atoms with van der Waals surface area (Å²) in [7, 11) is 0. The molecule has 0 unspecified atom stereocenters. The molecule has 0 aliphatic heterocycles. The van der Waals surface area contributed by atoms with Gasteiger partial charge in [0.05, 0.1) is 5.41 Å². The first-order valence-corrected chi connectivity index (χ1v) is 5.61. The summed E-state index contributed by atoms with van der Waals surface area (Å²) in [5.41, 5.74) is -0.702. The molecule has 0 aromatic rings. The lowest BCUT2D eigenvalue weighted by Gasteiger charge is -2.30. The molecule has 2 nitrogen and oxygen atoms in total. The minimum atomic E-state index is -0.702. The van der Waals surface area contributed by atoms with Gasteiger partial charge < -0.3 is 0 Å². The average molecular weight is 206 g/mol. The SMILES string of the molecule is C#CCCCCC1(C)C(=O)CCCC1=O. The Balaban J connectivity index is 2.51. The summed E-state index contributed by atoms with van der Waals surface area (Å²) in [4.78, 5) is 23.5. The minimum Gasteiger partial charge on any atom is -0.299 e. The lowest BCUT2D eigenvalue weighted by atomic mass is 9.70. The number of ketones is 2. The Morgan fingerprint density at radius 3 is 2.40 bits per heavy atom. The number of carbonyl (C=O) groups is 2. The highest BCUT2D eigenvalue weighted by Crippen LogP contribution is 2.34. The van der Waals surface area contributed by atoms with Gasteiger partial charge in [0, 0.05) is 19.3 Å². The van der Waals surface area contributed by atoms with Crippen molar-refractivity contribution in [2.75, 3.05) is 0 Å². The Bertz CT molecular complexity index is 280. The van der Waals surface area contributed by atoms with Gasteiger partial charge in [-0.25, -0.2) is 0 Å². The number of hydrogen-bond acceptors (Lipinski definition) is 2. The molecule has 1 fully saturated rings. The van der Waals surface area contributed by atoms with Crippen LogP contribution in [0.1, 0.15) is 51.9 Å². The van der Waals surface area contributed by atoms with E-state index in [9.17, 15) is 9.59 Å². The molecule has 15 heavy (non-hydrogen) atoms. The average Bonchev–Trinajstić information content (AvgIpc) is 2.22. The van der Waals surface area contributed by atoms with E-state index < -0.39 is 5.41 Å². The molecule has 0 atom stereocenters. The number of terminal acetylenes is 1. The van der Waals surface area contributed by atoms with Crippen LogP contribution in [0.2, 0.25) is 0 Å². The largest absolute Gasteiger partial charge is 0.299 e. The van der Waals surface area contributed by atoms with Crippen LogP contribution >= 0.6 is 0 Å². The fourth-order valence-corrected chi connectivity index (χ4v) is 2.10. The van der Waals surface area contributed by atoms with E-state index >= 15 is 0 Å². The molecule has 0 aromatic carbocycles. The Hall–Kier alpha value is -1.10. The number of hydrogen-bond donors (Lipinski definition) is 0. The normalized spacial score (nSPS) is 20.0. The van der Waals surface area contributed by atoms with E-state index in [2.05, 4.69) is 5.92 Å². The van der Waals surface area contributed by atoms with Gasteiger partial charge in [0.25, 0.3) is 0 Å². The van der Waals surface area contributed by atoms with Crippen molar-refractivity contribution in [1.29, 1.82) is 0 Å². The Morgan fingerprint density at radius 2 is 1.87 bits per heavy atom. The Kier molecular flexibility index (Phi) is 4.08. The summed E-state index contributed by atoms with van der Waals surface area (Å²) in [6, 6.07) is 0. The van der Waals surface area contributed by atoms with Gasteiger partial charge in [0.1, 0.15) is 11.6 Å². The predicted molar refractivity (Wildman–Crippen MR) is 59.3 cm³/mol. The summed E-state index contributed by atoms with van der Waals surface area (Å²) in [5.74, 6) is 2.82. The van der Waals surface area contributed by atoms with Gasteiger partial charge >= 0.3 is 0 Å². The molecular weight excluding hydrogens is 188 g/mol. The highest BCUT2D eigenvalue weighted by atomic mass is 16.2. The summed E-state index contributed by atoms with van der Waals surface area (Å²) in [6.07, 6.45) is 10.2. The van der Waals surface area contributed by atoms with Crippen LogP contribution < -0.4 is 0 Å². The predicted octanol–water partition coefficient (Wildman–Crippen LogP) is 2.51. The number of carbonyl (C=O) groups excluding carboxylic acids is 2. The lowest BCUT2D eigenvalue weighted by molar-refractivity contribution is -0.143. The number of unbranched alkanes of at least 4 members (excludes halogenated alkanes) is 2. The number of rotatable bonds is 4. The second-order valence-corrected chi connectivity index (χ2v) is 4.44. The van der Waals surface area contributed by atoms with Crippen LogP contribution in [0.25, 0.3) is 0 Å². The molecule has 0 amide bonds. The van der Waals surface area contributed by atoms with Crippen molar-refractivity contribution in [1.82, 2.24) is 0 Å². The zero-order valence-corrected chi connectivity index (χ0v) is 9.34. The summed E-state index contributed by atoms with van der Waals surface area (Å²) >= 11 is 0. The second-order valence-electron chi connectivity index (χ2n) is 4.44. The fraction of sp³-hybridized carbons (Fsp3) is 0.692. The molecule has 0 aromatic heterocycles. The van der Waals surface area contributed by atoms with Crippen LogP contribution in [0.5, 0.6) is 0 Å². The van der Waals surface area contributed by atoms with E-state index in [0.717, 1.165) is 25.7 Å². The van der Waals surface area contributed by atoms with Crippen LogP contribution in [0.15, 0.2) is 0 Å².